The van der Waals surface area contributed by atoms with Crippen LogP contribution in [-0.2, 0) is 9.53 Å². The highest BCUT2D eigenvalue weighted by atomic mass is 16.7. The first-order valence-electron chi connectivity index (χ1n) is 7.47. The zero-order valence-corrected chi connectivity index (χ0v) is 13.6. The van der Waals surface area contributed by atoms with E-state index in [1.54, 1.807) is 25.1 Å². The Kier molecular flexibility index (Phi) is 4.92. The zero-order valence-electron chi connectivity index (χ0n) is 13.6. The lowest BCUT2D eigenvalue weighted by Gasteiger charge is -2.08. The minimum atomic E-state index is -0.816. The van der Waals surface area contributed by atoms with Gasteiger partial charge in [-0.05, 0) is 19.1 Å². The van der Waals surface area contributed by atoms with Crippen LogP contribution in [0.1, 0.15) is 16.2 Å². The normalized spacial score (nSPS) is 11.6. The van der Waals surface area contributed by atoms with Gasteiger partial charge in [-0.2, -0.15) is 0 Å². The number of anilines is 1. The Bertz CT molecular complexity index is 852. The molecular formula is C16H14N4O6. The summed E-state index contributed by atoms with van der Waals surface area (Å²) in [7, 11) is 0. The minimum Gasteiger partial charge on any atom is -0.454 e. The van der Waals surface area contributed by atoms with E-state index in [1.165, 1.54) is 12.4 Å². The fourth-order valence-electron chi connectivity index (χ4n) is 2.00. The van der Waals surface area contributed by atoms with Crippen molar-refractivity contribution < 1.29 is 28.6 Å². The van der Waals surface area contributed by atoms with Crippen LogP contribution in [0.15, 0.2) is 30.6 Å². The van der Waals surface area contributed by atoms with Crippen LogP contribution in [0.4, 0.5) is 10.5 Å². The SMILES string of the molecule is Cc1cnc(C(=O)OCC(=O)NC(=O)Nc2ccc3c(c2)OCO3)cn1. The number of amides is 3. The van der Waals surface area contributed by atoms with E-state index < -0.39 is 24.5 Å². The van der Waals surface area contributed by atoms with E-state index in [-0.39, 0.29) is 12.5 Å². The molecule has 0 saturated heterocycles. The lowest BCUT2D eigenvalue weighted by Crippen LogP contribution is -2.37. The zero-order chi connectivity index (χ0) is 18.5. The summed E-state index contributed by atoms with van der Waals surface area (Å²) in [5, 5.41) is 4.50. The van der Waals surface area contributed by atoms with Crippen molar-refractivity contribution in [1.82, 2.24) is 15.3 Å². The third-order valence-corrected chi connectivity index (χ3v) is 3.21. The predicted molar refractivity (Wildman–Crippen MR) is 86.8 cm³/mol. The average molecular weight is 358 g/mol. The summed E-state index contributed by atoms with van der Waals surface area (Å²) in [4.78, 5) is 42.9. The molecule has 3 amide bonds. The molecule has 2 heterocycles. The molecule has 1 aromatic carbocycles. The number of aromatic nitrogens is 2. The highest BCUT2D eigenvalue weighted by molar-refractivity contribution is 6.02. The molecule has 0 fully saturated rings. The summed E-state index contributed by atoms with van der Waals surface area (Å²) in [5.41, 5.74) is 1.01. The summed E-state index contributed by atoms with van der Waals surface area (Å²) in [6.07, 6.45) is 2.64. The Morgan fingerprint density at radius 1 is 1.15 bits per heavy atom. The molecule has 0 bridgehead atoms. The molecule has 1 aliphatic rings. The van der Waals surface area contributed by atoms with E-state index in [0.717, 1.165) is 0 Å². The smallest absolute Gasteiger partial charge is 0.359 e. The van der Waals surface area contributed by atoms with Gasteiger partial charge in [0.2, 0.25) is 6.79 Å². The number of hydrogen-bond donors (Lipinski definition) is 2. The van der Waals surface area contributed by atoms with Crippen LogP contribution < -0.4 is 20.1 Å². The van der Waals surface area contributed by atoms with E-state index in [1.807, 2.05) is 5.32 Å². The highest BCUT2D eigenvalue weighted by Crippen LogP contribution is 2.34. The molecule has 3 rings (SSSR count). The monoisotopic (exact) mass is 358 g/mol. The van der Waals surface area contributed by atoms with Crippen LogP contribution >= 0.6 is 0 Å². The summed E-state index contributed by atoms with van der Waals surface area (Å²) < 4.78 is 15.1. The van der Waals surface area contributed by atoms with E-state index in [2.05, 4.69) is 15.3 Å². The molecule has 0 aliphatic carbocycles. The van der Waals surface area contributed by atoms with E-state index in [9.17, 15) is 14.4 Å². The topological polar surface area (TPSA) is 129 Å². The molecule has 2 aromatic rings. The minimum absolute atomic E-state index is 0.0341. The number of nitrogens with zero attached hydrogens (tertiary/aromatic N) is 2. The lowest BCUT2D eigenvalue weighted by molar-refractivity contribution is -0.123. The number of esters is 1. The second-order valence-electron chi connectivity index (χ2n) is 5.19. The van der Waals surface area contributed by atoms with Crippen LogP contribution in [0.5, 0.6) is 11.5 Å². The molecule has 1 aliphatic heterocycles. The van der Waals surface area contributed by atoms with Gasteiger partial charge in [0.1, 0.15) is 0 Å². The van der Waals surface area contributed by atoms with Crippen molar-refractivity contribution in [2.75, 3.05) is 18.7 Å². The Balaban J connectivity index is 1.46. The summed E-state index contributed by atoms with van der Waals surface area (Å²) in [6, 6.07) is 4.00. The number of ether oxygens (including phenoxy) is 3. The van der Waals surface area contributed by atoms with Gasteiger partial charge >= 0.3 is 12.0 Å². The number of aryl methyl sites for hydroxylation is 1. The van der Waals surface area contributed by atoms with E-state index in [4.69, 9.17) is 14.2 Å². The average Bonchev–Trinajstić information content (AvgIpc) is 3.08. The number of carbonyl (C=O) groups is 3. The molecule has 0 unspecified atom stereocenters. The van der Waals surface area contributed by atoms with E-state index >= 15 is 0 Å². The van der Waals surface area contributed by atoms with Gasteiger partial charge in [-0.25, -0.2) is 14.6 Å². The number of urea groups is 1. The first-order chi connectivity index (χ1) is 12.5. The Morgan fingerprint density at radius 2 is 1.96 bits per heavy atom. The maximum atomic E-state index is 11.8. The fourth-order valence-corrected chi connectivity index (χ4v) is 2.00. The third kappa shape index (κ3) is 4.23. The molecule has 0 saturated carbocycles. The van der Waals surface area contributed by atoms with Crippen LogP contribution in [0.25, 0.3) is 0 Å². The van der Waals surface area contributed by atoms with Crippen molar-refractivity contribution >= 4 is 23.6 Å². The maximum Gasteiger partial charge on any atom is 0.359 e. The van der Waals surface area contributed by atoms with Crippen molar-refractivity contribution in [2.45, 2.75) is 6.92 Å². The molecule has 26 heavy (non-hydrogen) atoms. The van der Waals surface area contributed by atoms with Crippen molar-refractivity contribution in [3.8, 4) is 11.5 Å². The summed E-state index contributed by atoms with van der Waals surface area (Å²) in [6.45, 7) is 1.19. The van der Waals surface area contributed by atoms with Crippen molar-refractivity contribution in [3.05, 3.63) is 42.0 Å². The largest absolute Gasteiger partial charge is 0.454 e. The molecule has 10 nitrogen and oxygen atoms in total. The number of nitrogens with one attached hydrogen (secondary N) is 2. The number of fused-ring (bicyclic) bond motifs is 1. The first-order valence-corrected chi connectivity index (χ1v) is 7.47. The first kappa shape index (κ1) is 17.1. The Hall–Kier alpha value is -3.69. The van der Waals surface area contributed by atoms with Crippen LogP contribution in [-0.4, -0.2) is 41.3 Å². The van der Waals surface area contributed by atoms with Crippen LogP contribution in [0.3, 0.4) is 0 Å². The number of rotatable bonds is 4. The molecule has 10 heteroatoms. The third-order valence-electron chi connectivity index (χ3n) is 3.21. The fraction of sp³-hybridized carbons (Fsp3) is 0.188. The Morgan fingerprint density at radius 3 is 2.73 bits per heavy atom. The van der Waals surface area contributed by atoms with Crippen molar-refractivity contribution in [2.24, 2.45) is 0 Å². The lowest BCUT2D eigenvalue weighted by atomic mass is 10.3. The predicted octanol–water partition coefficient (Wildman–Crippen LogP) is 1.02. The standard InChI is InChI=1S/C16H14N4O6/c1-9-5-18-11(6-17-9)15(22)24-7-14(21)20-16(23)19-10-2-3-12-13(4-10)26-8-25-12/h2-6H,7-8H2,1H3,(H2,19,20,21,23). The van der Waals surface area contributed by atoms with Gasteiger partial charge in [-0.3, -0.25) is 15.1 Å². The molecule has 0 atom stereocenters. The van der Waals surface area contributed by atoms with Crippen molar-refractivity contribution in [3.63, 3.8) is 0 Å². The van der Waals surface area contributed by atoms with Gasteiger partial charge in [0.15, 0.2) is 23.8 Å². The van der Waals surface area contributed by atoms with Gasteiger partial charge in [-0.1, -0.05) is 0 Å². The molecule has 2 N–H and O–H groups in total. The van der Waals surface area contributed by atoms with Gasteiger partial charge in [0.25, 0.3) is 5.91 Å². The second-order valence-corrected chi connectivity index (χ2v) is 5.19. The number of hydrogen-bond acceptors (Lipinski definition) is 8. The maximum absolute atomic E-state index is 11.8. The molecule has 134 valence electrons. The number of benzene rings is 1. The van der Waals surface area contributed by atoms with Crippen molar-refractivity contribution in [1.29, 1.82) is 0 Å². The highest BCUT2D eigenvalue weighted by Gasteiger charge is 2.16. The second kappa shape index (κ2) is 7.47. The number of imide groups is 1. The van der Waals surface area contributed by atoms with Crippen LogP contribution in [0.2, 0.25) is 0 Å². The van der Waals surface area contributed by atoms with Crippen LogP contribution in [0, 0.1) is 6.92 Å². The molecule has 0 spiro atoms. The van der Waals surface area contributed by atoms with E-state index in [0.29, 0.717) is 22.9 Å². The van der Waals surface area contributed by atoms with Gasteiger partial charge in [0, 0.05) is 18.0 Å². The quantitative estimate of drug-likeness (QED) is 0.775. The summed E-state index contributed by atoms with van der Waals surface area (Å²) >= 11 is 0. The molecule has 0 radical (unpaired) electrons. The van der Waals surface area contributed by atoms with Gasteiger partial charge in [-0.15, -0.1) is 0 Å². The summed E-state index contributed by atoms with van der Waals surface area (Å²) in [5.74, 6) is -0.555. The van der Waals surface area contributed by atoms with Gasteiger partial charge in [0.05, 0.1) is 11.9 Å². The number of carbonyl (C=O) groups excluding carboxylic acids is 3. The van der Waals surface area contributed by atoms with Gasteiger partial charge < -0.3 is 19.5 Å². The Labute approximate surface area is 147 Å². The molecular weight excluding hydrogens is 344 g/mol. The molecule has 1 aromatic heterocycles.